The Balaban J connectivity index is 2.02. The van der Waals surface area contributed by atoms with Gasteiger partial charge in [0.2, 0.25) is 0 Å². The van der Waals surface area contributed by atoms with Crippen molar-refractivity contribution in [2.75, 3.05) is 18.5 Å². The van der Waals surface area contributed by atoms with Gasteiger partial charge in [0.05, 0.1) is 13.2 Å². The van der Waals surface area contributed by atoms with Crippen LogP contribution in [0, 0.1) is 0 Å². The molecule has 0 unspecified atom stereocenters. The van der Waals surface area contributed by atoms with Crippen molar-refractivity contribution in [2.45, 2.75) is 18.6 Å². The van der Waals surface area contributed by atoms with Crippen LogP contribution < -0.4 is 5.32 Å². The molecule has 8 heteroatoms. The summed E-state index contributed by atoms with van der Waals surface area (Å²) in [6.07, 6.45) is -4.59. The normalized spacial score (nSPS) is 16.6. The summed E-state index contributed by atoms with van der Waals surface area (Å²) in [6, 6.07) is 5.60. The highest BCUT2D eigenvalue weighted by molar-refractivity contribution is 5.96. The van der Waals surface area contributed by atoms with Crippen LogP contribution in [-0.4, -0.2) is 31.5 Å². The van der Waals surface area contributed by atoms with E-state index in [-0.39, 0.29) is 5.69 Å². The van der Waals surface area contributed by atoms with E-state index in [0.717, 1.165) is 0 Å². The third-order valence-electron chi connectivity index (χ3n) is 2.64. The number of hydrogen-bond acceptors (Lipinski definition) is 3. The van der Waals surface area contributed by atoms with Gasteiger partial charge in [0.1, 0.15) is 0 Å². The first-order valence-electron chi connectivity index (χ1n) is 5.72. The van der Waals surface area contributed by atoms with Crippen molar-refractivity contribution < 1.29 is 31.8 Å². The average Bonchev–Trinajstić information content (AvgIpc) is 2.93. The van der Waals surface area contributed by atoms with Crippen LogP contribution >= 0.6 is 0 Å². The van der Waals surface area contributed by atoms with Gasteiger partial charge in [0, 0.05) is 11.3 Å². The van der Waals surface area contributed by atoms with Crippen molar-refractivity contribution in [2.24, 2.45) is 0 Å². The molecule has 0 saturated carbocycles. The summed E-state index contributed by atoms with van der Waals surface area (Å²) in [7, 11) is 0. The maximum atomic E-state index is 12.7. The minimum absolute atomic E-state index is 0.0166. The van der Waals surface area contributed by atoms with Crippen molar-refractivity contribution in [3.63, 3.8) is 0 Å². The van der Waals surface area contributed by atoms with Crippen LogP contribution in [0.4, 0.5) is 23.2 Å². The van der Waals surface area contributed by atoms with Crippen molar-refractivity contribution in [3.05, 3.63) is 29.8 Å². The van der Waals surface area contributed by atoms with E-state index in [1.165, 1.54) is 24.3 Å². The van der Waals surface area contributed by atoms with Gasteiger partial charge in [-0.3, -0.25) is 4.79 Å². The summed E-state index contributed by atoms with van der Waals surface area (Å²) in [5.41, 5.74) is 0.623. The van der Waals surface area contributed by atoms with Gasteiger partial charge in [0.25, 0.3) is 0 Å². The molecule has 0 spiro atoms. The Bertz CT molecular complexity index is 472. The summed E-state index contributed by atoms with van der Waals surface area (Å²) >= 11 is 0. The highest BCUT2D eigenvalue weighted by atomic mass is 19.3. The molecule has 1 aromatic carbocycles. The van der Waals surface area contributed by atoms with Gasteiger partial charge in [0.15, 0.2) is 6.29 Å². The smallest absolute Gasteiger partial charge is 0.346 e. The number of halogens is 4. The third kappa shape index (κ3) is 3.07. The first kappa shape index (κ1) is 14.7. The highest BCUT2D eigenvalue weighted by Crippen LogP contribution is 2.27. The quantitative estimate of drug-likeness (QED) is 0.868. The minimum Gasteiger partial charge on any atom is -0.346 e. The molecule has 20 heavy (non-hydrogen) atoms. The molecule has 1 fully saturated rings. The first-order valence-corrected chi connectivity index (χ1v) is 5.72. The number of nitrogens with one attached hydrogen (secondary N) is 1. The van der Waals surface area contributed by atoms with Gasteiger partial charge in [-0.1, -0.05) is 12.1 Å². The van der Waals surface area contributed by atoms with Crippen LogP contribution in [0.5, 0.6) is 0 Å². The molecular weight excluding hydrogens is 282 g/mol. The predicted molar refractivity (Wildman–Crippen MR) is 60.7 cm³/mol. The lowest BCUT2D eigenvalue weighted by atomic mass is 10.2. The average molecular weight is 293 g/mol. The number of alkyl halides is 4. The molecule has 1 aromatic rings. The van der Waals surface area contributed by atoms with Gasteiger partial charge in [-0.15, -0.1) is 0 Å². The topological polar surface area (TPSA) is 47.6 Å². The van der Waals surface area contributed by atoms with Gasteiger partial charge >= 0.3 is 18.3 Å². The van der Waals surface area contributed by atoms with E-state index >= 15 is 0 Å². The molecule has 1 aliphatic rings. The summed E-state index contributed by atoms with van der Waals surface area (Å²) in [5.74, 6) is -6.77. The Morgan fingerprint density at radius 2 is 1.75 bits per heavy atom. The van der Waals surface area contributed by atoms with E-state index in [9.17, 15) is 22.4 Å². The van der Waals surface area contributed by atoms with E-state index in [2.05, 4.69) is 0 Å². The minimum atomic E-state index is -4.73. The zero-order valence-corrected chi connectivity index (χ0v) is 10.1. The molecule has 2 rings (SSSR count). The Hall–Kier alpha value is -1.67. The third-order valence-corrected chi connectivity index (χ3v) is 2.64. The molecule has 0 aliphatic carbocycles. The van der Waals surface area contributed by atoms with E-state index in [4.69, 9.17) is 9.47 Å². The molecule has 0 bridgehead atoms. The lowest BCUT2D eigenvalue weighted by molar-refractivity contribution is -0.163. The molecule has 0 atom stereocenters. The summed E-state index contributed by atoms with van der Waals surface area (Å²) in [6.45, 7) is 0.896. The fraction of sp³-hybridized carbons (Fsp3) is 0.417. The number of rotatable bonds is 4. The Kier molecular flexibility index (Phi) is 4.24. The monoisotopic (exact) mass is 293 g/mol. The fourth-order valence-corrected chi connectivity index (χ4v) is 1.59. The summed E-state index contributed by atoms with van der Waals surface area (Å²) in [5, 5.41) is 1.73. The van der Waals surface area contributed by atoms with Crippen molar-refractivity contribution >= 4 is 11.6 Å². The highest BCUT2D eigenvalue weighted by Gasteiger charge is 2.48. The molecule has 0 aromatic heterocycles. The zero-order valence-electron chi connectivity index (χ0n) is 10.1. The number of amides is 1. The molecule has 1 saturated heterocycles. The largest absolute Gasteiger partial charge is 0.383 e. The Morgan fingerprint density at radius 1 is 1.20 bits per heavy atom. The van der Waals surface area contributed by atoms with Crippen LogP contribution in [0.15, 0.2) is 24.3 Å². The lowest BCUT2D eigenvalue weighted by Gasteiger charge is -2.15. The fourth-order valence-electron chi connectivity index (χ4n) is 1.59. The molecule has 1 N–H and O–H groups in total. The number of carbonyl (C=O) groups is 1. The molecular formula is C12H11F4NO3. The van der Waals surface area contributed by atoms with E-state index in [0.29, 0.717) is 18.8 Å². The summed E-state index contributed by atoms with van der Waals surface area (Å²) in [4.78, 5) is 11.0. The molecule has 1 heterocycles. The second-order valence-electron chi connectivity index (χ2n) is 4.07. The zero-order chi connectivity index (χ0) is 14.8. The SMILES string of the molecule is O=C(Nc1ccc(C2OCCO2)cc1)C(F)(F)C(F)F. The van der Waals surface area contributed by atoms with Crippen molar-refractivity contribution in [3.8, 4) is 0 Å². The van der Waals surface area contributed by atoms with Crippen LogP contribution in [0.2, 0.25) is 0 Å². The predicted octanol–water partition coefficient (Wildman–Crippen LogP) is 2.57. The Morgan fingerprint density at radius 3 is 2.25 bits per heavy atom. The summed E-state index contributed by atoms with van der Waals surface area (Å²) < 4.78 is 59.9. The molecule has 4 nitrogen and oxygen atoms in total. The second kappa shape index (κ2) is 5.76. The maximum absolute atomic E-state index is 12.7. The number of anilines is 1. The number of benzene rings is 1. The standard InChI is InChI=1S/C12H11F4NO3/c13-10(14)12(15,16)11(18)17-8-3-1-7(2-4-8)9-19-5-6-20-9/h1-4,9-10H,5-6H2,(H,17,18). The van der Waals surface area contributed by atoms with Gasteiger partial charge in [-0.2, -0.15) is 8.78 Å². The van der Waals surface area contributed by atoms with Crippen LogP contribution in [0.3, 0.4) is 0 Å². The second-order valence-corrected chi connectivity index (χ2v) is 4.07. The molecule has 1 aliphatic heterocycles. The number of ether oxygens (including phenoxy) is 2. The number of hydrogen-bond donors (Lipinski definition) is 1. The van der Waals surface area contributed by atoms with Gasteiger partial charge < -0.3 is 14.8 Å². The molecule has 1 amide bonds. The first-order chi connectivity index (χ1) is 9.41. The van der Waals surface area contributed by atoms with Crippen LogP contribution in [-0.2, 0) is 14.3 Å². The van der Waals surface area contributed by atoms with Crippen molar-refractivity contribution in [1.82, 2.24) is 0 Å². The Labute approximate surface area is 111 Å². The van der Waals surface area contributed by atoms with Gasteiger partial charge in [-0.05, 0) is 12.1 Å². The van der Waals surface area contributed by atoms with E-state index in [1.54, 1.807) is 5.32 Å². The lowest BCUT2D eigenvalue weighted by Crippen LogP contribution is -2.40. The molecule has 110 valence electrons. The molecule has 0 radical (unpaired) electrons. The van der Waals surface area contributed by atoms with Crippen LogP contribution in [0.25, 0.3) is 0 Å². The van der Waals surface area contributed by atoms with E-state index in [1.807, 2.05) is 0 Å². The maximum Gasteiger partial charge on any atom is 0.383 e. The van der Waals surface area contributed by atoms with Crippen LogP contribution in [0.1, 0.15) is 11.9 Å². The van der Waals surface area contributed by atoms with E-state index < -0.39 is 24.5 Å². The number of carbonyl (C=O) groups excluding carboxylic acids is 1. The van der Waals surface area contributed by atoms with Crippen molar-refractivity contribution in [1.29, 1.82) is 0 Å². The van der Waals surface area contributed by atoms with Gasteiger partial charge in [-0.25, -0.2) is 8.78 Å².